The molecule has 0 fully saturated rings. The number of carboxylic acid groups (broad SMARTS) is 1. The Morgan fingerprint density at radius 1 is 1.29 bits per heavy atom. The third kappa shape index (κ3) is 2.04. The van der Waals surface area contributed by atoms with Gasteiger partial charge in [0, 0.05) is 0 Å². The van der Waals surface area contributed by atoms with Crippen LogP contribution in [0.5, 0.6) is 0 Å². The number of carboxylic acids is 1. The minimum Gasteiger partial charge on any atom is -0.549 e. The lowest BCUT2D eigenvalue weighted by Crippen LogP contribution is -2.49. The first-order chi connectivity index (χ1) is 6.46. The normalized spacial score (nSPS) is 10.8. The minimum absolute atomic E-state index is 0.0450. The van der Waals surface area contributed by atoms with Crippen LogP contribution in [0.3, 0.4) is 0 Å². The quantitative estimate of drug-likeness (QED) is 0.475. The molecule has 0 spiro atoms. The molecule has 0 saturated carbocycles. The fourth-order valence-electron chi connectivity index (χ4n) is 1.18. The van der Waals surface area contributed by atoms with E-state index in [2.05, 4.69) is 16.2 Å². The van der Waals surface area contributed by atoms with Crippen molar-refractivity contribution in [3.63, 3.8) is 0 Å². The van der Waals surface area contributed by atoms with Crippen LogP contribution in [0.4, 0.5) is 0 Å². The highest BCUT2D eigenvalue weighted by Gasteiger charge is 2.41. The van der Waals surface area contributed by atoms with E-state index in [1.165, 1.54) is 13.8 Å². The fraction of sp³-hybridized carbons (Fsp3) is 0.625. The number of ketones is 1. The molecule has 0 rings (SSSR count). The second-order valence-corrected chi connectivity index (χ2v) is 2.92. The Morgan fingerprint density at radius 3 is 1.93 bits per heavy atom. The molecule has 0 aliphatic rings. The maximum atomic E-state index is 11.3. The van der Waals surface area contributed by atoms with Crippen molar-refractivity contribution in [3.05, 3.63) is 0 Å². The molecule has 0 atom stereocenters. The second-order valence-electron chi connectivity index (χ2n) is 2.77. The molecule has 6 heteroatoms. The van der Waals surface area contributed by atoms with E-state index in [1.54, 1.807) is 0 Å². The highest BCUT2D eigenvalue weighted by Crippen LogP contribution is 2.27. The largest absolute Gasteiger partial charge is 0.549 e. The smallest absolute Gasteiger partial charge is 0.393 e. The van der Waals surface area contributed by atoms with Gasteiger partial charge in [0.25, 0.3) is 5.78 Å². The topological polar surface area (TPSA) is 83.5 Å². The number of halogens is 1. The van der Waals surface area contributed by atoms with E-state index in [1.807, 2.05) is 0 Å². The van der Waals surface area contributed by atoms with Crippen LogP contribution in [0.25, 0.3) is 0 Å². The summed E-state index contributed by atoms with van der Waals surface area (Å²) in [5.41, 5.74) is -1.83. The summed E-state index contributed by atoms with van der Waals surface area (Å²) in [6.45, 7) is 2.94. The van der Waals surface area contributed by atoms with Gasteiger partial charge in [0.05, 0.1) is 11.4 Å². The Labute approximate surface area is 86.2 Å². The predicted octanol–water partition coefficient (Wildman–Crippen LogP) is -0.191. The van der Waals surface area contributed by atoms with Gasteiger partial charge >= 0.3 is 5.97 Å². The number of rotatable bonds is 5. The number of carbonyl (C=O) groups excluding carboxylic acids is 3. The van der Waals surface area contributed by atoms with E-state index >= 15 is 0 Å². The highest BCUT2D eigenvalue weighted by atomic mass is 35.5. The molecule has 0 aliphatic carbocycles. The second kappa shape index (κ2) is 4.95. The SMILES string of the molecule is CCC(CC)(C(=O)[O-])C(=O)C(=O)OCl. The Balaban J connectivity index is 5.10. The van der Waals surface area contributed by atoms with Crippen molar-refractivity contribution in [2.24, 2.45) is 5.41 Å². The first-order valence-electron chi connectivity index (χ1n) is 4.05. The summed E-state index contributed by atoms with van der Waals surface area (Å²) in [6, 6.07) is 0. The van der Waals surface area contributed by atoms with E-state index in [9.17, 15) is 19.5 Å². The Kier molecular flexibility index (Phi) is 4.56. The molecule has 0 unspecified atom stereocenters. The van der Waals surface area contributed by atoms with Crippen LogP contribution in [-0.2, 0) is 18.7 Å². The third-order valence-corrected chi connectivity index (χ3v) is 2.43. The molecule has 14 heavy (non-hydrogen) atoms. The summed E-state index contributed by atoms with van der Waals surface area (Å²) in [7, 11) is 0. The van der Waals surface area contributed by atoms with Crippen molar-refractivity contribution in [2.75, 3.05) is 0 Å². The molecule has 0 N–H and O–H groups in total. The summed E-state index contributed by atoms with van der Waals surface area (Å²) in [5, 5.41) is 10.8. The Hall–Kier alpha value is -1.10. The van der Waals surface area contributed by atoms with Crippen molar-refractivity contribution in [2.45, 2.75) is 26.7 Å². The zero-order valence-corrected chi connectivity index (χ0v) is 8.59. The first kappa shape index (κ1) is 12.9. The summed E-state index contributed by atoms with van der Waals surface area (Å²) in [4.78, 5) is 32.9. The van der Waals surface area contributed by atoms with Crippen molar-refractivity contribution in [3.8, 4) is 0 Å². The van der Waals surface area contributed by atoms with Gasteiger partial charge in [-0.25, -0.2) is 4.79 Å². The average molecular weight is 222 g/mol. The van der Waals surface area contributed by atoms with Crippen LogP contribution in [0, 0.1) is 5.41 Å². The maximum Gasteiger partial charge on any atom is 0.393 e. The maximum absolute atomic E-state index is 11.3. The van der Waals surface area contributed by atoms with Gasteiger partial charge in [-0.3, -0.25) is 4.79 Å². The lowest BCUT2D eigenvalue weighted by molar-refractivity contribution is -0.317. The van der Waals surface area contributed by atoms with E-state index in [0.29, 0.717) is 0 Å². The number of Topliss-reactive ketones (excluding diaryl/α,β-unsaturated/α-hetero) is 1. The van der Waals surface area contributed by atoms with E-state index < -0.39 is 23.1 Å². The molecule has 0 aromatic carbocycles. The highest BCUT2D eigenvalue weighted by molar-refractivity contribution is 6.42. The van der Waals surface area contributed by atoms with Crippen LogP contribution in [0.1, 0.15) is 26.7 Å². The zero-order chi connectivity index (χ0) is 11.4. The Morgan fingerprint density at radius 2 is 1.71 bits per heavy atom. The van der Waals surface area contributed by atoms with Crippen LogP contribution in [0.15, 0.2) is 0 Å². The van der Waals surface area contributed by atoms with Crippen molar-refractivity contribution in [1.82, 2.24) is 0 Å². The molecular formula is C8H10ClO5-. The molecule has 5 nitrogen and oxygen atoms in total. The molecule has 0 aromatic rings. The van der Waals surface area contributed by atoms with E-state index in [0.717, 1.165) is 0 Å². The van der Waals surface area contributed by atoms with Crippen LogP contribution >= 0.6 is 11.9 Å². The molecular weight excluding hydrogens is 212 g/mol. The van der Waals surface area contributed by atoms with E-state index in [4.69, 9.17) is 0 Å². The van der Waals surface area contributed by atoms with Crippen LogP contribution in [-0.4, -0.2) is 17.7 Å². The molecule has 0 saturated heterocycles. The van der Waals surface area contributed by atoms with Crippen molar-refractivity contribution in [1.29, 1.82) is 0 Å². The summed E-state index contributed by atoms with van der Waals surface area (Å²) in [5.74, 6) is -4.15. The third-order valence-electron chi connectivity index (χ3n) is 2.29. The number of hydrogen-bond donors (Lipinski definition) is 0. The van der Waals surface area contributed by atoms with Gasteiger partial charge in [-0.2, -0.15) is 0 Å². The lowest BCUT2D eigenvalue weighted by atomic mass is 9.78. The van der Waals surface area contributed by atoms with E-state index in [-0.39, 0.29) is 12.8 Å². The first-order valence-corrected chi connectivity index (χ1v) is 4.35. The van der Waals surface area contributed by atoms with Gasteiger partial charge in [-0.15, -0.1) is 0 Å². The van der Waals surface area contributed by atoms with Crippen LogP contribution < -0.4 is 5.11 Å². The fourth-order valence-corrected chi connectivity index (χ4v) is 1.25. The van der Waals surface area contributed by atoms with Gasteiger partial charge in [-0.05, 0) is 12.8 Å². The molecule has 0 heterocycles. The molecule has 0 aromatic heterocycles. The number of hydrogen-bond acceptors (Lipinski definition) is 5. The predicted molar refractivity (Wildman–Crippen MR) is 45.0 cm³/mol. The lowest BCUT2D eigenvalue weighted by Gasteiger charge is -2.29. The van der Waals surface area contributed by atoms with Gasteiger partial charge in [0.2, 0.25) is 0 Å². The summed E-state index contributed by atoms with van der Waals surface area (Å²) >= 11 is 4.69. The van der Waals surface area contributed by atoms with Crippen molar-refractivity contribution >= 4 is 29.6 Å². The summed E-state index contributed by atoms with van der Waals surface area (Å²) in [6.07, 6.45) is -0.0900. The molecule has 0 aliphatic heterocycles. The van der Waals surface area contributed by atoms with Crippen molar-refractivity contribution < 1.29 is 23.8 Å². The number of carbonyl (C=O) groups is 3. The summed E-state index contributed by atoms with van der Waals surface area (Å²) < 4.78 is 3.66. The van der Waals surface area contributed by atoms with Gasteiger partial charge in [-0.1, -0.05) is 13.8 Å². The average Bonchev–Trinajstić information content (AvgIpc) is 2.18. The molecule has 0 amide bonds. The number of aliphatic carboxylic acids is 1. The Bertz CT molecular complexity index is 256. The van der Waals surface area contributed by atoms with Gasteiger partial charge in [0.15, 0.2) is 0 Å². The van der Waals surface area contributed by atoms with Gasteiger partial charge in [0.1, 0.15) is 11.9 Å². The standard InChI is InChI=1S/C8H11ClO5/c1-3-8(4-2,7(12)13)5(10)6(11)14-9/h3-4H2,1-2H3,(H,12,13)/p-1. The van der Waals surface area contributed by atoms with Crippen LogP contribution in [0.2, 0.25) is 0 Å². The molecule has 80 valence electrons. The minimum atomic E-state index is -1.83. The van der Waals surface area contributed by atoms with Gasteiger partial charge < -0.3 is 14.2 Å². The molecule has 0 radical (unpaired) electrons. The molecule has 0 bridgehead atoms. The monoisotopic (exact) mass is 221 g/mol. The zero-order valence-electron chi connectivity index (χ0n) is 7.83.